The summed E-state index contributed by atoms with van der Waals surface area (Å²) in [6.07, 6.45) is 10.7. The van der Waals surface area contributed by atoms with Crippen LogP contribution in [0, 0.1) is 6.92 Å². The first-order valence-corrected chi connectivity index (χ1v) is 15.0. The van der Waals surface area contributed by atoms with Crippen LogP contribution in [0.3, 0.4) is 0 Å². The van der Waals surface area contributed by atoms with E-state index in [4.69, 9.17) is 9.73 Å². The number of halogens is 2. The van der Waals surface area contributed by atoms with E-state index >= 15 is 0 Å². The fourth-order valence-electron chi connectivity index (χ4n) is 5.55. The molecule has 0 N–H and O–H groups in total. The Hall–Kier alpha value is -3.74. The predicted molar refractivity (Wildman–Crippen MR) is 166 cm³/mol. The second-order valence-corrected chi connectivity index (χ2v) is 11.2. The molecule has 0 spiro atoms. The Morgan fingerprint density at radius 3 is 2.36 bits per heavy atom. The van der Waals surface area contributed by atoms with Crippen molar-refractivity contribution in [3.05, 3.63) is 100 Å². The Labute approximate surface area is 249 Å². The highest BCUT2D eigenvalue weighted by Crippen LogP contribution is 2.42. The molecule has 2 aliphatic rings. The van der Waals surface area contributed by atoms with Crippen molar-refractivity contribution in [3.63, 3.8) is 0 Å². The molecule has 224 valence electrons. The molecule has 5 nitrogen and oxygen atoms in total. The summed E-state index contributed by atoms with van der Waals surface area (Å²) in [5.41, 5.74) is 4.69. The number of aryl methyl sites for hydroxylation is 1. The molecule has 2 atom stereocenters. The molecule has 2 aromatic rings. The number of hydrogen-bond acceptors (Lipinski definition) is 3. The summed E-state index contributed by atoms with van der Waals surface area (Å²) in [6.45, 7) is 12.4. The summed E-state index contributed by atoms with van der Waals surface area (Å²) in [7, 11) is 0. The van der Waals surface area contributed by atoms with Crippen molar-refractivity contribution >= 4 is 11.9 Å². The summed E-state index contributed by atoms with van der Waals surface area (Å²) in [6, 6.07) is 11.7. The second-order valence-electron chi connectivity index (χ2n) is 11.2. The third-order valence-electron chi connectivity index (χ3n) is 7.65. The molecule has 0 radical (unpaired) electrons. The molecule has 4 rings (SSSR count). The van der Waals surface area contributed by atoms with Crippen LogP contribution in [-0.4, -0.2) is 47.4 Å². The lowest BCUT2D eigenvalue weighted by atomic mass is 9.91. The van der Waals surface area contributed by atoms with Gasteiger partial charge in [-0.1, -0.05) is 79.6 Å². The molecule has 42 heavy (non-hydrogen) atoms. The van der Waals surface area contributed by atoms with Gasteiger partial charge in [0.15, 0.2) is 0 Å². The number of rotatable bonds is 10. The number of allylic oxidation sites excluding steroid dienone is 5. The maximum absolute atomic E-state index is 14.6. The smallest absolute Gasteiger partial charge is 0.326 e. The highest BCUT2D eigenvalue weighted by molar-refractivity contribution is 6.11. The lowest BCUT2D eigenvalue weighted by molar-refractivity contribution is 0.0172. The Kier molecular flexibility index (Phi) is 10.0. The zero-order valence-corrected chi connectivity index (χ0v) is 25.7. The molecule has 0 saturated carbocycles. The van der Waals surface area contributed by atoms with Crippen molar-refractivity contribution in [3.8, 4) is 5.75 Å². The van der Waals surface area contributed by atoms with Crippen LogP contribution in [-0.2, 0) is 5.92 Å². The van der Waals surface area contributed by atoms with Crippen molar-refractivity contribution in [2.75, 3.05) is 19.7 Å². The standard InChI is InChI=1S/C35H43F2N3O2/c1-7-21-39(22-8-2)34(41)40-32(27-12-10-11-24(4)15-18-27)31(26-16-13-25(5)14-17-26)38-33(40)29-20-19-28(35(6,36)37)23-30(29)42-9-3/h10-11,13-20,23,31-32H,7-9,12,21-22H2,1-6H3. The molecule has 0 aromatic heterocycles. The van der Waals surface area contributed by atoms with Crippen molar-refractivity contribution < 1.29 is 18.3 Å². The molecule has 1 aliphatic carbocycles. The monoisotopic (exact) mass is 575 g/mol. The van der Waals surface area contributed by atoms with Gasteiger partial charge >= 0.3 is 6.03 Å². The van der Waals surface area contributed by atoms with Gasteiger partial charge in [-0.05, 0) is 63.3 Å². The first kappa shape index (κ1) is 31.2. The molecule has 0 saturated heterocycles. The number of carbonyl (C=O) groups is 1. The molecule has 2 amide bonds. The topological polar surface area (TPSA) is 45.1 Å². The molecule has 1 heterocycles. The van der Waals surface area contributed by atoms with E-state index in [2.05, 4.69) is 69.3 Å². The van der Waals surface area contributed by atoms with Gasteiger partial charge in [0.05, 0.1) is 18.2 Å². The van der Waals surface area contributed by atoms with Crippen molar-refractivity contribution in [2.24, 2.45) is 4.99 Å². The number of hydrogen-bond donors (Lipinski definition) is 0. The largest absolute Gasteiger partial charge is 0.493 e. The van der Waals surface area contributed by atoms with E-state index in [1.54, 1.807) is 11.0 Å². The van der Waals surface area contributed by atoms with Crippen LogP contribution in [0.25, 0.3) is 0 Å². The van der Waals surface area contributed by atoms with Crippen molar-refractivity contribution in [1.82, 2.24) is 9.80 Å². The van der Waals surface area contributed by atoms with Crippen LogP contribution in [0.1, 0.15) is 82.2 Å². The maximum atomic E-state index is 14.6. The highest BCUT2D eigenvalue weighted by atomic mass is 19.3. The fraction of sp³-hybridized carbons (Fsp3) is 0.429. The Morgan fingerprint density at radius 1 is 1.05 bits per heavy atom. The van der Waals surface area contributed by atoms with Gasteiger partial charge in [0.2, 0.25) is 0 Å². The average molecular weight is 576 g/mol. The van der Waals surface area contributed by atoms with Gasteiger partial charge < -0.3 is 9.64 Å². The molecular formula is C35H43F2N3O2. The molecule has 0 fully saturated rings. The van der Waals surface area contributed by atoms with Gasteiger partial charge in [0, 0.05) is 25.6 Å². The van der Waals surface area contributed by atoms with Gasteiger partial charge in [-0.3, -0.25) is 9.89 Å². The van der Waals surface area contributed by atoms with Gasteiger partial charge in [-0.25, -0.2) is 13.6 Å². The average Bonchev–Trinajstić information content (AvgIpc) is 3.21. The van der Waals surface area contributed by atoms with Gasteiger partial charge in [0.1, 0.15) is 17.6 Å². The first-order valence-electron chi connectivity index (χ1n) is 15.0. The lowest BCUT2D eigenvalue weighted by Gasteiger charge is -2.35. The zero-order chi connectivity index (χ0) is 30.4. The minimum atomic E-state index is -3.04. The number of nitrogens with zero attached hydrogens (tertiary/aromatic N) is 3. The number of benzene rings is 2. The summed E-state index contributed by atoms with van der Waals surface area (Å²) in [4.78, 5) is 23.5. The van der Waals surface area contributed by atoms with E-state index < -0.39 is 12.0 Å². The van der Waals surface area contributed by atoms with E-state index in [-0.39, 0.29) is 24.2 Å². The third kappa shape index (κ3) is 6.83. The van der Waals surface area contributed by atoms with Gasteiger partial charge in [-0.15, -0.1) is 0 Å². The molecular weight excluding hydrogens is 532 g/mol. The van der Waals surface area contributed by atoms with Gasteiger partial charge in [-0.2, -0.15) is 0 Å². The summed E-state index contributed by atoms with van der Waals surface area (Å²) >= 11 is 0. The van der Waals surface area contributed by atoms with Crippen LogP contribution in [0.15, 0.2) is 82.9 Å². The zero-order valence-electron chi connectivity index (χ0n) is 25.7. The minimum Gasteiger partial charge on any atom is -0.493 e. The summed E-state index contributed by atoms with van der Waals surface area (Å²) < 4.78 is 34.7. The SMILES string of the molecule is CCCN(CCC)C(=O)N1C(c2ccc(C(C)(F)F)cc2OCC)=NC(c2ccc(C)cc2)C1C1=CC=C(C)C=CC1. The quantitative estimate of drug-likeness (QED) is 0.284. The number of amides is 2. The number of carbonyl (C=O) groups excluding carboxylic acids is 1. The third-order valence-corrected chi connectivity index (χ3v) is 7.65. The molecule has 2 unspecified atom stereocenters. The van der Waals surface area contributed by atoms with E-state index in [9.17, 15) is 13.6 Å². The molecule has 0 bridgehead atoms. The van der Waals surface area contributed by atoms with Crippen LogP contribution in [0.4, 0.5) is 13.6 Å². The van der Waals surface area contributed by atoms with Crippen LogP contribution in [0.2, 0.25) is 0 Å². The van der Waals surface area contributed by atoms with E-state index in [1.165, 1.54) is 12.1 Å². The predicted octanol–water partition coefficient (Wildman–Crippen LogP) is 8.75. The number of alkyl halides is 2. The van der Waals surface area contributed by atoms with Gasteiger partial charge in [0.25, 0.3) is 5.92 Å². The molecule has 7 heteroatoms. The van der Waals surface area contributed by atoms with Crippen LogP contribution >= 0.6 is 0 Å². The van der Waals surface area contributed by atoms with E-state index in [0.29, 0.717) is 36.7 Å². The first-order chi connectivity index (χ1) is 20.1. The maximum Gasteiger partial charge on any atom is 0.326 e. The summed E-state index contributed by atoms with van der Waals surface area (Å²) in [5.74, 6) is -2.30. The minimum absolute atomic E-state index is 0.140. The van der Waals surface area contributed by atoms with Crippen LogP contribution in [0.5, 0.6) is 5.75 Å². The lowest BCUT2D eigenvalue weighted by Crippen LogP contribution is -2.50. The summed E-state index contributed by atoms with van der Waals surface area (Å²) in [5, 5.41) is 0. The Bertz CT molecular complexity index is 1380. The van der Waals surface area contributed by atoms with Crippen LogP contribution < -0.4 is 4.74 Å². The Morgan fingerprint density at radius 2 is 1.74 bits per heavy atom. The normalized spacial score (nSPS) is 18.8. The number of amidine groups is 1. The highest BCUT2D eigenvalue weighted by Gasteiger charge is 2.45. The van der Waals surface area contributed by atoms with Crippen molar-refractivity contribution in [2.45, 2.75) is 78.8 Å². The molecule has 2 aromatic carbocycles. The number of ether oxygens (including phenoxy) is 1. The molecule has 1 aliphatic heterocycles. The fourth-order valence-corrected chi connectivity index (χ4v) is 5.55. The van der Waals surface area contributed by atoms with E-state index in [1.807, 2.05) is 18.7 Å². The number of urea groups is 1. The Balaban J connectivity index is 1.97. The second kappa shape index (κ2) is 13.5. The van der Waals surface area contributed by atoms with Crippen molar-refractivity contribution in [1.29, 1.82) is 0 Å². The van der Waals surface area contributed by atoms with E-state index in [0.717, 1.165) is 42.0 Å². The number of aliphatic imine (C=N–C) groups is 1.